The summed E-state index contributed by atoms with van der Waals surface area (Å²) in [5, 5.41) is 0. The van der Waals surface area contributed by atoms with Crippen LogP contribution in [0.5, 0.6) is 0 Å². The first kappa shape index (κ1) is 64.4. The van der Waals surface area contributed by atoms with Crippen molar-refractivity contribution in [1.29, 1.82) is 0 Å². The number of esters is 3. The van der Waals surface area contributed by atoms with Crippen LogP contribution in [-0.2, 0) is 28.6 Å². The van der Waals surface area contributed by atoms with E-state index >= 15 is 0 Å². The summed E-state index contributed by atoms with van der Waals surface area (Å²) in [6, 6.07) is 0. The highest BCUT2D eigenvalue weighted by molar-refractivity contribution is 5.70. The number of unbranched alkanes of at least 4 members (excludes halogenated alkanes) is 40. The molecule has 0 aliphatic carbocycles. The lowest BCUT2D eigenvalue weighted by Gasteiger charge is -2.27. The topological polar surface area (TPSA) is 78.9 Å². The Kier molecular flexibility index (Phi) is 53.0. The van der Waals surface area contributed by atoms with Crippen LogP contribution in [0.15, 0.2) is 0 Å². The van der Waals surface area contributed by atoms with Gasteiger partial charge >= 0.3 is 17.9 Å². The van der Waals surface area contributed by atoms with Gasteiger partial charge in [0.15, 0.2) is 0 Å². The molecule has 0 aromatic heterocycles. The second-order valence-electron chi connectivity index (χ2n) is 20.6. The van der Waals surface area contributed by atoms with E-state index in [2.05, 4.69) is 27.7 Å². The summed E-state index contributed by atoms with van der Waals surface area (Å²) in [6.07, 6.45) is 57.2. The molecule has 2 atom stereocenters. The number of carbonyl (C=O) groups excluding carboxylic acids is 3. The minimum atomic E-state index is -0.373. The quantitative estimate of drug-likeness (QED) is 0.0343. The van der Waals surface area contributed by atoms with E-state index in [4.69, 9.17) is 14.2 Å². The Morgan fingerprint density at radius 1 is 0.258 bits per heavy atom. The van der Waals surface area contributed by atoms with Crippen molar-refractivity contribution in [3.63, 3.8) is 0 Å². The van der Waals surface area contributed by atoms with Crippen LogP contribution in [0.25, 0.3) is 0 Å². The van der Waals surface area contributed by atoms with Gasteiger partial charge in [-0.1, -0.05) is 278 Å². The average molecular weight is 934 g/mol. The van der Waals surface area contributed by atoms with Crippen LogP contribution >= 0.6 is 0 Å². The Balaban J connectivity index is 4.89. The van der Waals surface area contributed by atoms with Crippen molar-refractivity contribution >= 4 is 17.9 Å². The van der Waals surface area contributed by atoms with Gasteiger partial charge in [-0.3, -0.25) is 14.4 Å². The van der Waals surface area contributed by atoms with Gasteiger partial charge in [-0.05, 0) is 51.4 Å². The third-order valence-electron chi connectivity index (χ3n) is 13.9. The van der Waals surface area contributed by atoms with Crippen LogP contribution < -0.4 is 0 Å². The molecule has 2 unspecified atom stereocenters. The Bertz CT molecular complexity index is 998. The van der Waals surface area contributed by atoms with Gasteiger partial charge in [0.2, 0.25) is 0 Å². The van der Waals surface area contributed by atoms with E-state index in [1.165, 1.54) is 199 Å². The highest BCUT2D eigenvalue weighted by Gasteiger charge is 2.28. The molecule has 0 fully saturated rings. The van der Waals surface area contributed by atoms with Crippen molar-refractivity contribution in [1.82, 2.24) is 0 Å². The van der Waals surface area contributed by atoms with Gasteiger partial charge in [-0.2, -0.15) is 0 Å². The molecule has 0 spiro atoms. The maximum absolute atomic E-state index is 13.4. The molecule has 0 aromatic carbocycles. The van der Waals surface area contributed by atoms with Crippen molar-refractivity contribution < 1.29 is 28.6 Å². The Morgan fingerprint density at radius 2 is 0.470 bits per heavy atom. The fourth-order valence-electron chi connectivity index (χ4n) is 9.44. The molecule has 0 rings (SSSR count). The van der Waals surface area contributed by atoms with Crippen LogP contribution in [0, 0.1) is 0 Å². The summed E-state index contributed by atoms with van der Waals surface area (Å²) in [6.45, 7) is 9.59. The third kappa shape index (κ3) is 48.9. The minimum Gasteiger partial charge on any atom is -0.466 e. The van der Waals surface area contributed by atoms with E-state index < -0.39 is 0 Å². The predicted octanol–water partition coefficient (Wildman–Crippen LogP) is 19.9. The van der Waals surface area contributed by atoms with Gasteiger partial charge in [0.05, 0.1) is 6.61 Å². The number of hydrogen-bond donors (Lipinski definition) is 0. The molecule has 0 N–H and O–H groups in total. The van der Waals surface area contributed by atoms with E-state index in [9.17, 15) is 14.4 Å². The molecule has 66 heavy (non-hydrogen) atoms. The molecular formula is C60H116O6. The number of rotatable bonds is 55. The normalized spacial score (nSPS) is 12.4. The highest BCUT2D eigenvalue weighted by atomic mass is 16.6. The van der Waals surface area contributed by atoms with Gasteiger partial charge in [0.25, 0.3) is 0 Å². The summed E-state index contributed by atoms with van der Waals surface area (Å²) in [5.74, 6) is -0.277. The Morgan fingerprint density at radius 3 is 0.742 bits per heavy atom. The summed E-state index contributed by atoms with van der Waals surface area (Å²) >= 11 is 0. The van der Waals surface area contributed by atoms with E-state index in [-0.39, 0.29) is 30.1 Å². The molecule has 0 aromatic rings. The first-order valence-electron chi connectivity index (χ1n) is 30.0. The summed E-state index contributed by atoms with van der Waals surface area (Å²) in [4.78, 5) is 39.0. The van der Waals surface area contributed by atoms with E-state index in [1.807, 2.05) is 0 Å². The molecule has 0 saturated heterocycles. The van der Waals surface area contributed by atoms with Gasteiger partial charge in [0.1, 0.15) is 12.2 Å². The molecule has 6 heteroatoms. The smallest absolute Gasteiger partial charge is 0.306 e. The zero-order chi connectivity index (χ0) is 48.1. The van der Waals surface area contributed by atoms with Gasteiger partial charge in [-0.25, -0.2) is 0 Å². The van der Waals surface area contributed by atoms with Crippen molar-refractivity contribution in [3.05, 3.63) is 0 Å². The lowest BCUT2D eigenvalue weighted by atomic mass is 9.99. The maximum Gasteiger partial charge on any atom is 0.306 e. The van der Waals surface area contributed by atoms with E-state index in [0.29, 0.717) is 25.9 Å². The molecule has 0 amide bonds. The molecule has 0 saturated carbocycles. The fourth-order valence-corrected chi connectivity index (χ4v) is 9.44. The second kappa shape index (κ2) is 54.4. The van der Waals surface area contributed by atoms with Crippen molar-refractivity contribution in [3.8, 4) is 0 Å². The zero-order valence-corrected chi connectivity index (χ0v) is 45.2. The van der Waals surface area contributed by atoms with Crippen molar-refractivity contribution in [2.45, 2.75) is 361 Å². The van der Waals surface area contributed by atoms with Crippen LogP contribution in [0.1, 0.15) is 349 Å². The minimum absolute atomic E-state index is 0.0370. The molecule has 0 heterocycles. The Hall–Kier alpha value is -1.59. The molecule has 392 valence electrons. The van der Waals surface area contributed by atoms with Crippen molar-refractivity contribution in [2.75, 3.05) is 6.61 Å². The van der Waals surface area contributed by atoms with Gasteiger partial charge < -0.3 is 14.2 Å². The van der Waals surface area contributed by atoms with Crippen molar-refractivity contribution in [2.24, 2.45) is 0 Å². The summed E-state index contributed by atoms with van der Waals surface area (Å²) in [5.41, 5.74) is 0. The fraction of sp³-hybridized carbons (Fsp3) is 0.950. The maximum atomic E-state index is 13.4. The van der Waals surface area contributed by atoms with Crippen LogP contribution in [0.3, 0.4) is 0 Å². The van der Waals surface area contributed by atoms with Crippen LogP contribution in [0.4, 0.5) is 0 Å². The Labute approximate surface area is 412 Å². The number of carbonyl (C=O) groups is 3. The van der Waals surface area contributed by atoms with E-state index in [1.54, 1.807) is 0 Å². The highest BCUT2D eigenvalue weighted by Crippen LogP contribution is 2.23. The monoisotopic (exact) mass is 933 g/mol. The molecule has 0 radical (unpaired) electrons. The summed E-state index contributed by atoms with van der Waals surface area (Å²) in [7, 11) is 0. The first-order valence-corrected chi connectivity index (χ1v) is 30.0. The second-order valence-corrected chi connectivity index (χ2v) is 20.6. The van der Waals surface area contributed by atoms with Crippen LogP contribution in [-0.4, -0.2) is 36.7 Å². The summed E-state index contributed by atoms with van der Waals surface area (Å²) < 4.78 is 18.1. The molecule has 0 bridgehead atoms. The lowest BCUT2D eigenvalue weighted by Crippen LogP contribution is -2.35. The molecule has 6 nitrogen and oxygen atoms in total. The third-order valence-corrected chi connectivity index (χ3v) is 13.9. The standard InChI is InChI=1S/C60H116O6/c1-5-9-13-17-21-24-27-30-33-40-46-52-58(61)64-55-49-43-37-36-39-45-51-57(66-60(63)54-48-42-35-32-29-26-23-19-15-11-7-3)56(50-44-38-20-16-12-8-4)65-59(62)53-47-41-34-31-28-25-22-18-14-10-6-2/h56-57H,5-55H2,1-4H3. The predicted molar refractivity (Wildman–Crippen MR) is 284 cm³/mol. The largest absolute Gasteiger partial charge is 0.466 e. The first-order chi connectivity index (χ1) is 32.5. The molecular weight excluding hydrogens is 817 g/mol. The SMILES string of the molecule is CCCCCCCCCCCCCC(=O)OCCCCCCCCC(OC(=O)CCCCCCCCCCCCC)C(CCCCCCCC)OC(=O)CCCCCCCCCCCCC. The van der Waals surface area contributed by atoms with Crippen LogP contribution in [0.2, 0.25) is 0 Å². The number of hydrogen-bond acceptors (Lipinski definition) is 6. The molecule has 0 aliphatic rings. The lowest BCUT2D eigenvalue weighted by molar-refractivity contribution is -0.169. The van der Waals surface area contributed by atoms with E-state index in [0.717, 1.165) is 103 Å². The molecule has 0 aliphatic heterocycles. The zero-order valence-electron chi connectivity index (χ0n) is 45.2. The van der Waals surface area contributed by atoms with Gasteiger partial charge in [-0.15, -0.1) is 0 Å². The average Bonchev–Trinajstić information content (AvgIpc) is 3.31. The number of ether oxygens (including phenoxy) is 3. The van der Waals surface area contributed by atoms with Gasteiger partial charge in [0, 0.05) is 19.3 Å².